The number of hydrogen-bond acceptors (Lipinski definition) is 5. The maximum atomic E-state index is 11.8. The first-order valence-electron chi connectivity index (χ1n) is 5.44. The second kappa shape index (κ2) is 6.03. The number of nitrogens with zero attached hydrogens (tertiary/aromatic N) is 2. The number of thioether (sulfide) groups is 1. The number of carbonyl (C=O) groups excluding carboxylic acids is 1. The van der Waals surface area contributed by atoms with Crippen LogP contribution < -0.4 is 5.32 Å². The largest absolute Gasteiger partial charge is 0.304 e. The molecule has 19 heavy (non-hydrogen) atoms. The molecule has 1 N–H and O–H groups in total. The molecule has 0 unspecified atom stereocenters. The molecule has 0 fully saturated rings. The van der Waals surface area contributed by atoms with E-state index in [-0.39, 0.29) is 11.6 Å². The van der Waals surface area contributed by atoms with E-state index in [0.29, 0.717) is 17.3 Å². The Bertz CT molecular complexity index is 532. The first kappa shape index (κ1) is 13.8. The van der Waals surface area contributed by atoms with Crippen LogP contribution in [0.15, 0.2) is 29.3 Å². The predicted octanol–water partition coefficient (Wildman–Crippen LogP) is 2.09. The lowest BCUT2D eigenvalue weighted by molar-refractivity contribution is -0.384. The fourth-order valence-electron chi connectivity index (χ4n) is 1.50. The number of rotatable bonds is 3. The average Bonchev–Trinajstić information content (AvgIpc) is 2.90. The van der Waals surface area contributed by atoms with Gasteiger partial charge in [-0.3, -0.25) is 19.9 Å². The second-order valence-electron chi connectivity index (χ2n) is 3.74. The van der Waals surface area contributed by atoms with E-state index in [1.54, 1.807) is 0 Å². The molecular formula is C11H10ClN3O3S. The maximum Gasteiger partial charge on any atom is 0.269 e. The Morgan fingerprint density at radius 2 is 2.16 bits per heavy atom. The summed E-state index contributed by atoms with van der Waals surface area (Å²) in [5.74, 6) is 0.462. The molecule has 1 aliphatic heterocycles. The molecule has 1 atom stereocenters. The quantitative estimate of drug-likeness (QED) is 0.526. The number of nitro benzene ring substituents is 1. The first-order chi connectivity index (χ1) is 9.08. The molecule has 0 radical (unpaired) electrons. The molecule has 100 valence electrons. The van der Waals surface area contributed by atoms with Crippen molar-refractivity contribution in [2.24, 2.45) is 4.99 Å². The highest BCUT2D eigenvalue weighted by Gasteiger charge is 2.21. The second-order valence-corrected chi connectivity index (χ2v) is 5.26. The Labute approximate surface area is 118 Å². The van der Waals surface area contributed by atoms with Gasteiger partial charge in [-0.1, -0.05) is 23.9 Å². The maximum absolute atomic E-state index is 11.8. The predicted molar refractivity (Wildman–Crippen MR) is 74.6 cm³/mol. The van der Waals surface area contributed by atoms with E-state index < -0.39 is 10.3 Å². The summed E-state index contributed by atoms with van der Waals surface area (Å²) in [6, 6.07) is 5.58. The smallest absolute Gasteiger partial charge is 0.269 e. The molecule has 1 amide bonds. The Morgan fingerprint density at radius 3 is 2.68 bits per heavy atom. The van der Waals surface area contributed by atoms with Crippen LogP contribution in [0.4, 0.5) is 5.69 Å². The van der Waals surface area contributed by atoms with Gasteiger partial charge in [0.2, 0.25) is 5.91 Å². The minimum atomic E-state index is -0.898. The Kier molecular flexibility index (Phi) is 4.39. The summed E-state index contributed by atoms with van der Waals surface area (Å²) in [4.78, 5) is 26.0. The number of amides is 1. The number of nitro groups is 1. The number of non-ortho nitro benzene ring substituents is 1. The number of amidine groups is 1. The summed E-state index contributed by atoms with van der Waals surface area (Å²) < 4.78 is 0. The Hall–Kier alpha value is -1.60. The van der Waals surface area contributed by atoms with Crippen molar-refractivity contribution in [3.8, 4) is 0 Å². The summed E-state index contributed by atoms with van der Waals surface area (Å²) in [5.41, 5.74) is 0.470. The lowest BCUT2D eigenvalue weighted by Crippen LogP contribution is -2.30. The highest BCUT2D eigenvalue weighted by molar-refractivity contribution is 8.14. The molecule has 0 saturated heterocycles. The molecule has 6 nitrogen and oxygen atoms in total. The number of hydrogen-bond donors (Lipinski definition) is 1. The first-order valence-corrected chi connectivity index (χ1v) is 6.86. The van der Waals surface area contributed by atoms with Gasteiger partial charge in [0, 0.05) is 17.9 Å². The Morgan fingerprint density at radius 1 is 1.47 bits per heavy atom. The molecule has 0 aliphatic carbocycles. The van der Waals surface area contributed by atoms with Gasteiger partial charge in [-0.25, -0.2) is 0 Å². The van der Waals surface area contributed by atoms with E-state index >= 15 is 0 Å². The van der Waals surface area contributed by atoms with Gasteiger partial charge >= 0.3 is 0 Å². The van der Waals surface area contributed by atoms with Crippen LogP contribution >= 0.6 is 23.4 Å². The van der Waals surface area contributed by atoms with Gasteiger partial charge in [0.05, 0.1) is 11.5 Å². The van der Waals surface area contributed by atoms with Crippen LogP contribution in [-0.4, -0.2) is 28.3 Å². The van der Waals surface area contributed by atoms with Gasteiger partial charge in [-0.05, 0) is 5.56 Å². The van der Waals surface area contributed by atoms with Crippen molar-refractivity contribution >= 4 is 40.1 Å². The molecule has 2 rings (SSSR count). The highest BCUT2D eigenvalue weighted by atomic mass is 35.5. The van der Waals surface area contributed by atoms with Crippen LogP contribution in [0.2, 0.25) is 0 Å². The number of alkyl halides is 1. The van der Waals surface area contributed by atoms with Crippen LogP contribution in [-0.2, 0) is 4.79 Å². The molecule has 0 spiro atoms. The zero-order valence-corrected chi connectivity index (χ0v) is 11.3. The molecular weight excluding hydrogens is 290 g/mol. The van der Waals surface area contributed by atoms with E-state index in [0.717, 1.165) is 5.75 Å². The van der Waals surface area contributed by atoms with Crippen LogP contribution in [0.5, 0.6) is 0 Å². The zero-order valence-electron chi connectivity index (χ0n) is 9.71. The molecule has 0 bridgehead atoms. The third-order valence-corrected chi connectivity index (χ3v) is 3.78. The van der Waals surface area contributed by atoms with E-state index in [9.17, 15) is 14.9 Å². The van der Waals surface area contributed by atoms with Gasteiger partial charge in [0.25, 0.3) is 5.69 Å². The van der Waals surface area contributed by atoms with Crippen molar-refractivity contribution in [2.75, 3.05) is 12.3 Å². The van der Waals surface area contributed by atoms with Crippen molar-refractivity contribution in [3.63, 3.8) is 0 Å². The van der Waals surface area contributed by atoms with Gasteiger partial charge < -0.3 is 5.32 Å². The third kappa shape index (κ3) is 3.45. The number of nitrogens with one attached hydrogen (secondary N) is 1. The molecule has 8 heteroatoms. The fraction of sp³-hybridized carbons (Fsp3) is 0.273. The molecule has 1 heterocycles. The molecule has 1 aromatic carbocycles. The van der Waals surface area contributed by atoms with Gasteiger partial charge in [-0.15, -0.1) is 11.6 Å². The number of benzene rings is 1. The van der Waals surface area contributed by atoms with Crippen molar-refractivity contribution in [3.05, 3.63) is 39.9 Å². The van der Waals surface area contributed by atoms with Gasteiger partial charge in [-0.2, -0.15) is 0 Å². The number of halogens is 1. The minimum absolute atomic E-state index is 0.0382. The van der Waals surface area contributed by atoms with E-state index in [1.807, 2.05) is 0 Å². The number of aliphatic imine (C=N–C) groups is 1. The zero-order chi connectivity index (χ0) is 13.8. The Balaban J connectivity index is 2.03. The topological polar surface area (TPSA) is 84.6 Å². The van der Waals surface area contributed by atoms with E-state index in [4.69, 9.17) is 11.6 Å². The van der Waals surface area contributed by atoms with Gasteiger partial charge in [0.1, 0.15) is 5.38 Å². The van der Waals surface area contributed by atoms with Crippen molar-refractivity contribution in [1.82, 2.24) is 5.32 Å². The summed E-state index contributed by atoms with van der Waals surface area (Å²) in [6.07, 6.45) is 0. The van der Waals surface area contributed by atoms with Gasteiger partial charge in [0.15, 0.2) is 5.17 Å². The van der Waals surface area contributed by atoms with Crippen LogP contribution in [0.3, 0.4) is 0 Å². The monoisotopic (exact) mass is 299 g/mol. The molecule has 1 aromatic rings. The van der Waals surface area contributed by atoms with Crippen LogP contribution in [0.25, 0.3) is 0 Å². The fourth-order valence-corrected chi connectivity index (χ4v) is 2.43. The number of carbonyl (C=O) groups is 1. The van der Waals surface area contributed by atoms with E-state index in [1.165, 1.54) is 36.0 Å². The summed E-state index contributed by atoms with van der Waals surface area (Å²) in [7, 11) is 0. The lowest BCUT2D eigenvalue weighted by Gasteiger charge is -2.10. The van der Waals surface area contributed by atoms with Crippen LogP contribution in [0, 0.1) is 10.1 Å². The normalized spacial score (nSPS) is 15.7. The molecule has 1 aliphatic rings. The summed E-state index contributed by atoms with van der Waals surface area (Å²) in [6.45, 7) is 0.685. The summed E-state index contributed by atoms with van der Waals surface area (Å²) >= 11 is 7.48. The highest BCUT2D eigenvalue weighted by Crippen LogP contribution is 2.23. The SMILES string of the molecule is O=C(NC1=NCCS1)[C@H](Cl)c1ccc([N+](=O)[O-])cc1. The summed E-state index contributed by atoms with van der Waals surface area (Å²) in [5, 5.41) is 12.8. The van der Waals surface area contributed by atoms with Crippen molar-refractivity contribution in [1.29, 1.82) is 0 Å². The molecule has 0 saturated carbocycles. The lowest BCUT2D eigenvalue weighted by atomic mass is 10.1. The minimum Gasteiger partial charge on any atom is -0.304 e. The molecule has 0 aromatic heterocycles. The van der Waals surface area contributed by atoms with E-state index in [2.05, 4.69) is 10.3 Å². The van der Waals surface area contributed by atoms with Crippen molar-refractivity contribution in [2.45, 2.75) is 5.38 Å². The third-order valence-electron chi connectivity index (χ3n) is 2.44. The standard InChI is InChI=1S/C11H10ClN3O3S/c12-9(10(16)14-11-13-5-6-19-11)7-1-3-8(4-2-7)15(17)18/h1-4,9H,5-6H2,(H,13,14,16)/t9-/m1/s1. The van der Waals surface area contributed by atoms with Crippen molar-refractivity contribution < 1.29 is 9.72 Å². The van der Waals surface area contributed by atoms with Crippen LogP contribution in [0.1, 0.15) is 10.9 Å². The average molecular weight is 300 g/mol.